The van der Waals surface area contributed by atoms with Crippen LogP contribution < -0.4 is 11.1 Å². The third-order valence-corrected chi connectivity index (χ3v) is 2.82. The molecule has 0 atom stereocenters. The van der Waals surface area contributed by atoms with E-state index in [1.165, 1.54) is 18.3 Å². The van der Waals surface area contributed by atoms with E-state index in [-0.39, 0.29) is 10.6 Å². The summed E-state index contributed by atoms with van der Waals surface area (Å²) in [4.78, 5) is 16.0. The molecule has 1 aromatic carbocycles. The Labute approximate surface area is 114 Å². The molecule has 0 saturated carbocycles. The summed E-state index contributed by atoms with van der Waals surface area (Å²) in [6.45, 7) is 1.77. The number of amides is 1. The lowest BCUT2D eigenvalue weighted by molar-refractivity contribution is 0.102. The number of halogens is 2. The summed E-state index contributed by atoms with van der Waals surface area (Å²) in [6.07, 6.45) is 1.44. The molecule has 4 nitrogen and oxygen atoms in total. The first-order valence-electron chi connectivity index (χ1n) is 5.46. The molecule has 0 fully saturated rings. The van der Waals surface area contributed by atoms with Crippen LogP contribution in [-0.2, 0) is 0 Å². The lowest BCUT2D eigenvalue weighted by Gasteiger charge is -2.09. The van der Waals surface area contributed by atoms with E-state index in [0.29, 0.717) is 11.5 Å². The van der Waals surface area contributed by atoms with E-state index >= 15 is 0 Å². The Kier molecular flexibility index (Phi) is 3.66. The lowest BCUT2D eigenvalue weighted by atomic mass is 10.2. The highest BCUT2D eigenvalue weighted by Crippen LogP contribution is 2.20. The fraction of sp³-hybridized carbons (Fsp3) is 0.0769. The van der Waals surface area contributed by atoms with Crippen LogP contribution in [-0.4, -0.2) is 10.9 Å². The van der Waals surface area contributed by atoms with Gasteiger partial charge in [0, 0.05) is 0 Å². The van der Waals surface area contributed by atoms with Gasteiger partial charge in [-0.25, -0.2) is 9.37 Å². The van der Waals surface area contributed by atoms with Crippen molar-refractivity contribution in [2.24, 2.45) is 0 Å². The molecule has 0 aliphatic rings. The van der Waals surface area contributed by atoms with Crippen molar-refractivity contribution in [2.45, 2.75) is 6.92 Å². The molecule has 1 aromatic heterocycles. The number of rotatable bonds is 2. The second kappa shape index (κ2) is 5.24. The number of aryl methyl sites for hydroxylation is 1. The number of nitrogens with two attached hydrogens (primary N) is 1. The van der Waals surface area contributed by atoms with Gasteiger partial charge >= 0.3 is 0 Å². The van der Waals surface area contributed by atoms with Crippen LogP contribution in [0.3, 0.4) is 0 Å². The van der Waals surface area contributed by atoms with Gasteiger partial charge in [-0.05, 0) is 36.8 Å². The van der Waals surface area contributed by atoms with Crippen molar-refractivity contribution in [2.75, 3.05) is 11.1 Å². The average molecular weight is 280 g/mol. The number of hydrogen-bond donors (Lipinski definition) is 2. The van der Waals surface area contributed by atoms with E-state index < -0.39 is 11.7 Å². The van der Waals surface area contributed by atoms with Gasteiger partial charge in [0.25, 0.3) is 5.91 Å². The van der Waals surface area contributed by atoms with E-state index in [2.05, 4.69) is 10.3 Å². The maximum Gasteiger partial charge on any atom is 0.258 e. The number of carbonyl (C=O) groups is 1. The maximum atomic E-state index is 12.9. The smallest absolute Gasteiger partial charge is 0.258 e. The number of aromatic nitrogens is 1. The molecular formula is C13H11ClFN3O. The van der Waals surface area contributed by atoms with Crippen molar-refractivity contribution in [1.29, 1.82) is 0 Å². The molecule has 0 radical (unpaired) electrons. The molecule has 0 bridgehead atoms. The van der Waals surface area contributed by atoms with Crippen LogP contribution in [0.5, 0.6) is 0 Å². The first-order valence-corrected chi connectivity index (χ1v) is 5.83. The van der Waals surface area contributed by atoms with Crippen LogP contribution >= 0.6 is 11.6 Å². The highest BCUT2D eigenvalue weighted by atomic mass is 35.5. The Morgan fingerprint density at radius 2 is 2.16 bits per heavy atom. The van der Waals surface area contributed by atoms with Gasteiger partial charge in [0.1, 0.15) is 11.6 Å². The monoisotopic (exact) mass is 279 g/mol. The number of hydrogen-bond acceptors (Lipinski definition) is 3. The molecule has 0 unspecified atom stereocenters. The molecule has 1 amide bonds. The van der Waals surface area contributed by atoms with Gasteiger partial charge in [0.15, 0.2) is 0 Å². The average Bonchev–Trinajstić information content (AvgIpc) is 2.32. The molecule has 6 heteroatoms. The Bertz CT molecular complexity index is 646. The Morgan fingerprint density at radius 1 is 1.42 bits per heavy atom. The third-order valence-electron chi connectivity index (χ3n) is 2.51. The van der Waals surface area contributed by atoms with E-state index in [1.807, 2.05) is 0 Å². The summed E-state index contributed by atoms with van der Waals surface area (Å²) in [5.74, 6) is -0.562. The van der Waals surface area contributed by atoms with Crippen molar-refractivity contribution in [1.82, 2.24) is 4.98 Å². The predicted octanol–water partition coefficient (Wildman–Crippen LogP) is 3.02. The maximum absolute atomic E-state index is 12.9. The van der Waals surface area contributed by atoms with Crippen LogP contribution in [0.1, 0.15) is 15.9 Å². The number of benzene rings is 1. The SMILES string of the molecule is Cc1cc(N)cnc1NC(=O)c1ccc(F)cc1Cl. The topological polar surface area (TPSA) is 68.0 Å². The predicted molar refractivity (Wildman–Crippen MR) is 72.7 cm³/mol. The van der Waals surface area contributed by atoms with Crippen LogP contribution in [0, 0.1) is 12.7 Å². The minimum absolute atomic E-state index is 0.0469. The third kappa shape index (κ3) is 3.00. The normalized spacial score (nSPS) is 10.3. The molecule has 1 heterocycles. The first-order chi connectivity index (χ1) is 8.97. The number of nitrogens with one attached hydrogen (secondary N) is 1. The summed E-state index contributed by atoms with van der Waals surface area (Å²) in [6, 6.07) is 5.26. The lowest BCUT2D eigenvalue weighted by Crippen LogP contribution is -2.14. The van der Waals surface area contributed by atoms with Gasteiger partial charge in [-0.2, -0.15) is 0 Å². The second-order valence-electron chi connectivity index (χ2n) is 4.01. The molecule has 3 N–H and O–H groups in total. The van der Waals surface area contributed by atoms with Gasteiger partial charge in [-0.15, -0.1) is 0 Å². The summed E-state index contributed by atoms with van der Waals surface area (Å²) in [7, 11) is 0. The molecule has 0 aliphatic carbocycles. The Balaban J connectivity index is 2.25. The second-order valence-corrected chi connectivity index (χ2v) is 4.42. The quantitative estimate of drug-likeness (QED) is 0.888. The zero-order valence-corrected chi connectivity index (χ0v) is 10.8. The number of anilines is 2. The van der Waals surface area contributed by atoms with Gasteiger partial charge in [0.05, 0.1) is 22.5 Å². The summed E-state index contributed by atoms with van der Waals surface area (Å²) in [5.41, 5.74) is 6.99. The van der Waals surface area contributed by atoms with Gasteiger partial charge < -0.3 is 11.1 Å². The van der Waals surface area contributed by atoms with Crippen molar-refractivity contribution in [3.8, 4) is 0 Å². The molecule has 0 saturated heterocycles. The zero-order chi connectivity index (χ0) is 14.0. The number of nitrogen functional groups attached to an aromatic ring is 1. The number of pyridine rings is 1. The van der Waals surface area contributed by atoms with Crippen molar-refractivity contribution in [3.63, 3.8) is 0 Å². The van der Waals surface area contributed by atoms with Crippen LogP contribution in [0.2, 0.25) is 5.02 Å². The van der Waals surface area contributed by atoms with Gasteiger partial charge in [-0.3, -0.25) is 4.79 Å². The summed E-state index contributed by atoms with van der Waals surface area (Å²) in [5, 5.41) is 2.65. The van der Waals surface area contributed by atoms with Crippen LogP contribution in [0.4, 0.5) is 15.9 Å². The highest BCUT2D eigenvalue weighted by Gasteiger charge is 2.13. The van der Waals surface area contributed by atoms with Crippen molar-refractivity contribution < 1.29 is 9.18 Å². The van der Waals surface area contributed by atoms with Crippen LogP contribution in [0.25, 0.3) is 0 Å². The first kappa shape index (κ1) is 13.3. The fourth-order valence-electron chi connectivity index (χ4n) is 1.58. The van der Waals surface area contributed by atoms with Crippen molar-refractivity contribution >= 4 is 29.0 Å². The molecule has 98 valence electrons. The zero-order valence-electron chi connectivity index (χ0n) is 10.1. The van der Waals surface area contributed by atoms with Crippen LogP contribution in [0.15, 0.2) is 30.5 Å². The minimum Gasteiger partial charge on any atom is -0.397 e. The number of nitrogens with zero attached hydrogens (tertiary/aromatic N) is 1. The molecule has 2 aromatic rings. The van der Waals surface area contributed by atoms with E-state index in [0.717, 1.165) is 11.6 Å². The Hall–Kier alpha value is -2.14. The molecule has 19 heavy (non-hydrogen) atoms. The van der Waals surface area contributed by atoms with Gasteiger partial charge in [-0.1, -0.05) is 11.6 Å². The standard InChI is InChI=1S/C13H11ClFN3O/c1-7-4-9(16)6-17-12(7)18-13(19)10-3-2-8(15)5-11(10)14/h2-6H,16H2,1H3,(H,17,18,19). The van der Waals surface area contributed by atoms with Crippen molar-refractivity contribution in [3.05, 3.63) is 52.4 Å². The van der Waals surface area contributed by atoms with E-state index in [1.54, 1.807) is 13.0 Å². The molecule has 2 rings (SSSR count). The fourth-order valence-corrected chi connectivity index (χ4v) is 1.83. The van der Waals surface area contributed by atoms with Gasteiger partial charge in [0.2, 0.25) is 0 Å². The largest absolute Gasteiger partial charge is 0.397 e. The number of carbonyl (C=O) groups excluding carboxylic acids is 1. The summed E-state index contributed by atoms with van der Waals surface area (Å²) < 4.78 is 12.9. The molecular weight excluding hydrogens is 269 g/mol. The Morgan fingerprint density at radius 3 is 2.79 bits per heavy atom. The minimum atomic E-state index is -0.497. The molecule has 0 aliphatic heterocycles. The summed E-state index contributed by atoms with van der Waals surface area (Å²) >= 11 is 5.81. The highest BCUT2D eigenvalue weighted by molar-refractivity contribution is 6.34. The molecule has 0 spiro atoms. The van der Waals surface area contributed by atoms with E-state index in [4.69, 9.17) is 17.3 Å². The van der Waals surface area contributed by atoms with E-state index in [9.17, 15) is 9.18 Å².